The molecule has 2 N–H and O–H groups in total. The Morgan fingerprint density at radius 3 is 2.91 bits per heavy atom. The largest absolute Gasteiger partial charge is 0.350 e. The van der Waals surface area contributed by atoms with Gasteiger partial charge in [-0.2, -0.15) is 0 Å². The molecule has 2 fully saturated rings. The highest BCUT2D eigenvalue weighted by Crippen LogP contribution is 2.31. The van der Waals surface area contributed by atoms with Gasteiger partial charge in [0.05, 0.1) is 16.1 Å². The second kappa shape index (κ2) is 5.32. The summed E-state index contributed by atoms with van der Waals surface area (Å²) in [7, 11) is 0. The maximum Gasteiger partial charge on any atom is 0.317 e. The van der Waals surface area contributed by atoms with Crippen molar-refractivity contribution in [2.75, 3.05) is 26.2 Å². The average molecular weight is 353 g/mol. The van der Waals surface area contributed by atoms with E-state index in [1.807, 2.05) is 0 Å². The Labute approximate surface area is 142 Å². The van der Waals surface area contributed by atoms with Crippen LogP contribution in [0.2, 0.25) is 10.0 Å². The maximum absolute atomic E-state index is 12.7. The van der Waals surface area contributed by atoms with E-state index in [2.05, 4.69) is 10.3 Å². The zero-order valence-corrected chi connectivity index (χ0v) is 13.6. The number of halogens is 2. The third-order valence-corrected chi connectivity index (χ3v) is 5.26. The van der Waals surface area contributed by atoms with Crippen molar-refractivity contribution in [2.45, 2.75) is 6.04 Å². The lowest BCUT2D eigenvalue weighted by molar-refractivity contribution is 0.0612. The van der Waals surface area contributed by atoms with Crippen LogP contribution in [-0.4, -0.2) is 58.9 Å². The summed E-state index contributed by atoms with van der Waals surface area (Å²) in [6.07, 6.45) is 0. The molecule has 0 aliphatic carbocycles. The van der Waals surface area contributed by atoms with E-state index in [0.717, 1.165) is 10.9 Å². The lowest BCUT2D eigenvalue weighted by atomic mass is 10.2. The van der Waals surface area contributed by atoms with Crippen molar-refractivity contribution >= 4 is 46.0 Å². The standard InChI is InChI=1S/C15H14Cl2N4O2/c16-10-1-2-11-9(13(10)17)5-12(19-11)14(22)20-3-4-21-8(7-20)6-18-15(21)23/h1-2,5,8,19H,3-4,6-7H2,(H,18,23). The number of aromatic amines is 1. The van der Waals surface area contributed by atoms with Gasteiger partial charge in [0.1, 0.15) is 5.69 Å². The quantitative estimate of drug-likeness (QED) is 0.826. The van der Waals surface area contributed by atoms with Crippen LogP contribution in [0.5, 0.6) is 0 Å². The fraction of sp³-hybridized carbons (Fsp3) is 0.333. The first-order valence-electron chi connectivity index (χ1n) is 7.35. The monoisotopic (exact) mass is 352 g/mol. The molecule has 1 unspecified atom stereocenters. The van der Waals surface area contributed by atoms with Gasteiger partial charge in [0, 0.05) is 37.1 Å². The van der Waals surface area contributed by atoms with Crippen molar-refractivity contribution in [1.29, 1.82) is 0 Å². The molecule has 0 saturated carbocycles. The minimum absolute atomic E-state index is 0.0441. The molecule has 1 aromatic heterocycles. The first kappa shape index (κ1) is 14.7. The highest BCUT2D eigenvalue weighted by Gasteiger charge is 2.37. The number of hydrogen-bond donors (Lipinski definition) is 2. The van der Waals surface area contributed by atoms with Gasteiger partial charge >= 0.3 is 6.03 Å². The molecule has 0 radical (unpaired) electrons. The van der Waals surface area contributed by atoms with E-state index in [1.165, 1.54) is 0 Å². The molecule has 1 atom stereocenters. The van der Waals surface area contributed by atoms with Crippen LogP contribution in [-0.2, 0) is 0 Å². The van der Waals surface area contributed by atoms with Gasteiger partial charge in [-0.15, -0.1) is 0 Å². The average Bonchev–Trinajstić information content (AvgIpc) is 3.15. The second-order valence-corrected chi connectivity index (χ2v) is 6.58. The summed E-state index contributed by atoms with van der Waals surface area (Å²) in [5, 5.41) is 4.44. The van der Waals surface area contributed by atoms with Crippen LogP contribution in [0.25, 0.3) is 10.9 Å². The molecule has 2 aliphatic rings. The molecule has 23 heavy (non-hydrogen) atoms. The maximum atomic E-state index is 12.7. The van der Waals surface area contributed by atoms with Crippen molar-refractivity contribution in [3.63, 3.8) is 0 Å². The predicted molar refractivity (Wildman–Crippen MR) is 88.1 cm³/mol. The van der Waals surface area contributed by atoms with Crippen molar-refractivity contribution in [1.82, 2.24) is 20.1 Å². The van der Waals surface area contributed by atoms with Crippen molar-refractivity contribution < 1.29 is 9.59 Å². The molecule has 3 amide bonds. The molecule has 8 heteroatoms. The Balaban J connectivity index is 1.60. The number of rotatable bonds is 1. The molecule has 120 valence electrons. The smallest absolute Gasteiger partial charge is 0.317 e. The summed E-state index contributed by atoms with van der Waals surface area (Å²) in [6, 6.07) is 5.23. The molecule has 2 saturated heterocycles. The zero-order valence-electron chi connectivity index (χ0n) is 12.1. The molecule has 3 heterocycles. The molecule has 2 aromatic rings. The third-order valence-electron chi connectivity index (χ3n) is 4.44. The van der Waals surface area contributed by atoms with Crippen molar-refractivity contribution in [3.05, 3.63) is 33.9 Å². The van der Waals surface area contributed by atoms with E-state index in [1.54, 1.807) is 28.0 Å². The Morgan fingerprint density at radius 1 is 1.26 bits per heavy atom. The van der Waals surface area contributed by atoms with Gasteiger partial charge in [-0.25, -0.2) is 4.79 Å². The number of fused-ring (bicyclic) bond motifs is 2. The van der Waals surface area contributed by atoms with Crippen LogP contribution in [0.4, 0.5) is 4.79 Å². The summed E-state index contributed by atoms with van der Waals surface area (Å²) in [5.41, 5.74) is 1.26. The lowest BCUT2D eigenvalue weighted by Gasteiger charge is -2.36. The highest BCUT2D eigenvalue weighted by atomic mass is 35.5. The van der Waals surface area contributed by atoms with Crippen molar-refractivity contribution in [3.8, 4) is 0 Å². The van der Waals surface area contributed by atoms with Gasteiger partial charge < -0.3 is 20.1 Å². The Hall–Kier alpha value is -1.92. The van der Waals surface area contributed by atoms with Crippen LogP contribution in [0.1, 0.15) is 10.5 Å². The Morgan fingerprint density at radius 2 is 2.09 bits per heavy atom. The normalized spacial score (nSPS) is 20.8. The summed E-state index contributed by atoms with van der Waals surface area (Å²) in [4.78, 5) is 31.0. The number of H-pyrrole nitrogens is 1. The first-order chi connectivity index (χ1) is 11.0. The minimum atomic E-state index is -0.0904. The lowest BCUT2D eigenvalue weighted by Crippen LogP contribution is -2.53. The number of carbonyl (C=O) groups is 2. The third kappa shape index (κ3) is 2.33. The van der Waals surface area contributed by atoms with Gasteiger partial charge in [0.2, 0.25) is 0 Å². The molecular formula is C15H14Cl2N4O2. The van der Waals surface area contributed by atoms with E-state index in [0.29, 0.717) is 41.9 Å². The topological polar surface area (TPSA) is 68.4 Å². The molecule has 1 aromatic carbocycles. The molecular weight excluding hydrogens is 339 g/mol. The summed E-state index contributed by atoms with van der Waals surface area (Å²) in [5.74, 6) is -0.0904. The van der Waals surface area contributed by atoms with Gasteiger partial charge in [-0.1, -0.05) is 23.2 Å². The van der Waals surface area contributed by atoms with Gasteiger partial charge in [-0.05, 0) is 18.2 Å². The van der Waals surface area contributed by atoms with Gasteiger partial charge in [0.15, 0.2) is 0 Å². The second-order valence-electron chi connectivity index (χ2n) is 5.79. The Bertz CT molecular complexity index is 819. The number of amides is 3. The zero-order chi connectivity index (χ0) is 16.1. The van der Waals surface area contributed by atoms with Crippen LogP contribution < -0.4 is 5.32 Å². The fourth-order valence-electron chi connectivity index (χ4n) is 3.22. The number of hydrogen-bond acceptors (Lipinski definition) is 2. The summed E-state index contributed by atoms with van der Waals surface area (Å²) >= 11 is 12.2. The van der Waals surface area contributed by atoms with Gasteiger partial charge in [0.25, 0.3) is 5.91 Å². The van der Waals surface area contributed by atoms with Crippen LogP contribution >= 0.6 is 23.2 Å². The van der Waals surface area contributed by atoms with E-state index < -0.39 is 0 Å². The number of nitrogens with one attached hydrogen (secondary N) is 2. The number of piperazine rings is 1. The number of aromatic nitrogens is 1. The van der Waals surface area contributed by atoms with Crippen LogP contribution in [0.3, 0.4) is 0 Å². The van der Waals surface area contributed by atoms with Crippen LogP contribution in [0.15, 0.2) is 18.2 Å². The Kier molecular flexibility index (Phi) is 3.39. The fourth-order valence-corrected chi connectivity index (χ4v) is 3.60. The summed E-state index contributed by atoms with van der Waals surface area (Å²) in [6.45, 7) is 2.18. The number of urea groups is 1. The van der Waals surface area contributed by atoms with Crippen molar-refractivity contribution in [2.24, 2.45) is 0 Å². The van der Waals surface area contributed by atoms with E-state index >= 15 is 0 Å². The predicted octanol–water partition coefficient (Wildman–Crippen LogP) is 2.32. The molecule has 0 spiro atoms. The molecule has 2 aliphatic heterocycles. The summed E-state index contributed by atoms with van der Waals surface area (Å²) < 4.78 is 0. The number of benzene rings is 1. The van der Waals surface area contributed by atoms with Crippen LogP contribution in [0, 0.1) is 0 Å². The highest BCUT2D eigenvalue weighted by molar-refractivity contribution is 6.45. The number of nitrogens with zero attached hydrogens (tertiary/aromatic N) is 2. The van der Waals surface area contributed by atoms with E-state index in [9.17, 15) is 9.59 Å². The van der Waals surface area contributed by atoms with E-state index in [4.69, 9.17) is 23.2 Å². The number of carbonyl (C=O) groups excluding carboxylic acids is 2. The van der Waals surface area contributed by atoms with E-state index in [-0.39, 0.29) is 18.0 Å². The SMILES string of the molecule is O=C(c1cc2c(Cl)c(Cl)ccc2[nH]1)N1CCN2C(=O)NCC2C1. The molecule has 6 nitrogen and oxygen atoms in total. The minimum Gasteiger partial charge on any atom is -0.350 e. The first-order valence-corrected chi connectivity index (χ1v) is 8.10. The molecule has 0 bridgehead atoms. The van der Waals surface area contributed by atoms with Gasteiger partial charge in [-0.3, -0.25) is 4.79 Å². The molecule has 4 rings (SSSR count).